The van der Waals surface area contributed by atoms with Gasteiger partial charge in [0, 0.05) is 0 Å². The lowest BCUT2D eigenvalue weighted by Gasteiger charge is -2.41. The van der Waals surface area contributed by atoms with E-state index in [1.54, 1.807) is 12.1 Å². The number of aryl methyl sites for hydroxylation is 1. The van der Waals surface area contributed by atoms with Gasteiger partial charge in [-0.05, 0) is 63.0 Å². The van der Waals surface area contributed by atoms with Crippen molar-refractivity contribution in [3.05, 3.63) is 29.8 Å². The highest BCUT2D eigenvalue weighted by molar-refractivity contribution is 7.86. The summed E-state index contributed by atoms with van der Waals surface area (Å²) in [7, 11) is -3.60. The smallest absolute Gasteiger partial charge is 0.263 e. The number of hydrogen-bond donors (Lipinski definition) is 0. The van der Waals surface area contributed by atoms with Crippen molar-refractivity contribution in [3.63, 3.8) is 0 Å². The van der Waals surface area contributed by atoms with Crippen LogP contribution in [-0.2, 0) is 14.3 Å². The van der Waals surface area contributed by atoms with E-state index in [0.29, 0.717) is 11.8 Å². The zero-order valence-corrected chi connectivity index (χ0v) is 12.0. The van der Waals surface area contributed by atoms with Crippen LogP contribution in [0.3, 0.4) is 0 Å². The molecule has 0 radical (unpaired) electrons. The predicted molar refractivity (Wildman–Crippen MR) is 73.3 cm³/mol. The first kappa shape index (κ1) is 13.1. The minimum atomic E-state index is -3.60. The molecule has 1 aromatic carbocycles. The van der Waals surface area contributed by atoms with Gasteiger partial charge in [0.2, 0.25) is 0 Å². The van der Waals surface area contributed by atoms with Gasteiger partial charge in [-0.15, -0.1) is 0 Å². The lowest BCUT2D eigenvalue weighted by atomic mass is 9.69. The van der Waals surface area contributed by atoms with Gasteiger partial charge in [0.25, 0.3) is 10.1 Å². The third kappa shape index (κ3) is 2.70. The monoisotopic (exact) mass is 280 g/mol. The highest BCUT2D eigenvalue weighted by Crippen LogP contribution is 2.43. The summed E-state index contributed by atoms with van der Waals surface area (Å²) >= 11 is 0. The maximum Gasteiger partial charge on any atom is 0.297 e. The van der Waals surface area contributed by atoms with Crippen LogP contribution in [0.2, 0.25) is 0 Å². The highest BCUT2D eigenvalue weighted by Gasteiger charge is 2.38. The number of benzene rings is 1. The second-order valence-corrected chi connectivity index (χ2v) is 7.49. The molecule has 0 amide bonds. The Morgan fingerprint density at radius 3 is 2.21 bits per heavy atom. The lowest BCUT2D eigenvalue weighted by Crippen LogP contribution is -2.38. The topological polar surface area (TPSA) is 43.4 Å². The molecule has 2 bridgehead atoms. The Morgan fingerprint density at radius 1 is 1.05 bits per heavy atom. The molecular weight excluding hydrogens is 260 g/mol. The Morgan fingerprint density at radius 2 is 1.68 bits per heavy atom. The Kier molecular flexibility index (Phi) is 3.39. The van der Waals surface area contributed by atoms with Crippen LogP contribution in [0.25, 0.3) is 0 Å². The largest absolute Gasteiger partial charge is 0.297 e. The molecule has 3 nitrogen and oxygen atoms in total. The van der Waals surface area contributed by atoms with E-state index in [4.69, 9.17) is 4.18 Å². The molecule has 3 aliphatic rings. The lowest BCUT2D eigenvalue weighted by molar-refractivity contribution is 0.0245. The first-order chi connectivity index (χ1) is 9.04. The van der Waals surface area contributed by atoms with Gasteiger partial charge in [0.15, 0.2) is 0 Å². The zero-order chi connectivity index (χ0) is 13.5. The molecule has 1 unspecified atom stereocenters. The second-order valence-electron chi connectivity index (χ2n) is 5.92. The summed E-state index contributed by atoms with van der Waals surface area (Å²) in [6.45, 7) is 1.94. The van der Waals surface area contributed by atoms with Crippen LogP contribution >= 0.6 is 0 Å². The summed E-state index contributed by atoms with van der Waals surface area (Å²) in [6.07, 6.45) is 5.55. The van der Waals surface area contributed by atoms with Crippen LogP contribution in [0.15, 0.2) is 29.2 Å². The van der Waals surface area contributed by atoms with Crippen molar-refractivity contribution in [3.8, 4) is 0 Å². The molecule has 4 heteroatoms. The standard InChI is InChI=1S/C15H20O3S/c1-11-2-8-14(9-3-11)19(16,17)18-15-10-12-4-6-13(15)7-5-12/h2-3,8-9,12-13,15H,4-7,10H2,1H3. The van der Waals surface area contributed by atoms with E-state index in [1.165, 1.54) is 12.8 Å². The molecule has 1 atom stereocenters. The summed E-state index contributed by atoms with van der Waals surface area (Å²) in [5, 5.41) is 0. The van der Waals surface area contributed by atoms with Crippen molar-refractivity contribution >= 4 is 10.1 Å². The average molecular weight is 280 g/mol. The maximum absolute atomic E-state index is 12.3. The fourth-order valence-electron chi connectivity index (χ4n) is 3.36. The van der Waals surface area contributed by atoms with Crippen LogP contribution in [0.4, 0.5) is 0 Å². The van der Waals surface area contributed by atoms with E-state index in [-0.39, 0.29) is 11.0 Å². The van der Waals surface area contributed by atoms with E-state index in [0.717, 1.165) is 24.8 Å². The molecule has 3 saturated carbocycles. The van der Waals surface area contributed by atoms with Gasteiger partial charge in [-0.3, -0.25) is 4.18 Å². The van der Waals surface area contributed by atoms with E-state index < -0.39 is 10.1 Å². The van der Waals surface area contributed by atoms with E-state index in [2.05, 4.69) is 0 Å². The fourth-order valence-corrected chi connectivity index (χ4v) is 4.50. The average Bonchev–Trinajstić information content (AvgIpc) is 2.40. The minimum Gasteiger partial charge on any atom is -0.263 e. The summed E-state index contributed by atoms with van der Waals surface area (Å²) in [6, 6.07) is 6.88. The van der Waals surface area contributed by atoms with Gasteiger partial charge in [-0.25, -0.2) is 0 Å². The van der Waals surface area contributed by atoms with Crippen molar-refractivity contribution in [2.75, 3.05) is 0 Å². The van der Waals surface area contributed by atoms with Crippen molar-refractivity contribution in [2.24, 2.45) is 11.8 Å². The maximum atomic E-state index is 12.3. The van der Waals surface area contributed by atoms with Gasteiger partial charge >= 0.3 is 0 Å². The van der Waals surface area contributed by atoms with E-state index in [9.17, 15) is 8.42 Å². The Labute approximate surface area is 115 Å². The van der Waals surface area contributed by atoms with Crippen LogP contribution < -0.4 is 0 Å². The van der Waals surface area contributed by atoms with Crippen molar-refractivity contribution in [1.29, 1.82) is 0 Å². The van der Waals surface area contributed by atoms with E-state index in [1.807, 2.05) is 19.1 Å². The van der Waals surface area contributed by atoms with Gasteiger partial charge in [-0.2, -0.15) is 8.42 Å². The molecule has 0 aliphatic heterocycles. The number of fused-ring (bicyclic) bond motifs is 3. The molecule has 104 valence electrons. The Hall–Kier alpha value is -0.870. The first-order valence-electron chi connectivity index (χ1n) is 7.04. The Balaban J connectivity index is 1.76. The minimum absolute atomic E-state index is 0.0983. The summed E-state index contributed by atoms with van der Waals surface area (Å²) in [4.78, 5) is 0.277. The zero-order valence-electron chi connectivity index (χ0n) is 11.2. The summed E-state index contributed by atoms with van der Waals surface area (Å²) in [5.74, 6) is 1.11. The molecule has 1 aromatic rings. The Bertz CT molecular complexity index is 539. The molecule has 3 aliphatic carbocycles. The van der Waals surface area contributed by atoms with Gasteiger partial charge in [-0.1, -0.05) is 17.7 Å². The van der Waals surface area contributed by atoms with Crippen LogP contribution in [-0.4, -0.2) is 14.5 Å². The SMILES string of the molecule is Cc1ccc(S(=O)(=O)OC2CC3CCC2CC3)cc1. The first-order valence-corrected chi connectivity index (χ1v) is 8.45. The van der Waals surface area contributed by atoms with Crippen molar-refractivity contribution in [2.45, 2.75) is 50.0 Å². The third-order valence-electron chi connectivity index (χ3n) is 4.54. The second kappa shape index (κ2) is 4.91. The van der Waals surface area contributed by atoms with Crippen molar-refractivity contribution < 1.29 is 12.6 Å². The van der Waals surface area contributed by atoms with Crippen LogP contribution in [0, 0.1) is 18.8 Å². The summed E-state index contributed by atoms with van der Waals surface area (Å²) in [5.41, 5.74) is 1.05. The molecule has 0 spiro atoms. The third-order valence-corrected chi connectivity index (χ3v) is 5.89. The number of hydrogen-bond acceptors (Lipinski definition) is 3. The van der Waals surface area contributed by atoms with Gasteiger partial charge < -0.3 is 0 Å². The summed E-state index contributed by atoms with van der Waals surface area (Å²) < 4.78 is 30.0. The normalized spacial score (nSPS) is 30.5. The van der Waals surface area contributed by atoms with E-state index >= 15 is 0 Å². The van der Waals surface area contributed by atoms with Crippen molar-refractivity contribution in [1.82, 2.24) is 0 Å². The van der Waals surface area contributed by atoms with Crippen LogP contribution in [0.1, 0.15) is 37.7 Å². The molecule has 0 N–H and O–H groups in total. The highest BCUT2D eigenvalue weighted by atomic mass is 32.2. The number of rotatable bonds is 3. The molecule has 4 rings (SSSR count). The fraction of sp³-hybridized carbons (Fsp3) is 0.600. The van der Waals surface area contributed by atoms with Gasteiger partial charge in [0.05, 0.1) is 11.0 Å². The molecule has 0 aromatic heterocycles. The van der Waals surface area contributed by atoms with Gasteiger partial charge in [0.1, 0.15) is 0 Å². The predicted octanol–water partition coefficient (Wildman–Crippen LogP) is 3.28. The molecule has 19 heavy (non-hydrogen) atoms. The molecular formula is C15H20O3S. The molecule has 0 heterocycles. The molecule has 0 saturated heterocycles. The quantitative estimate of drug-likeness (QED) is 0.798. The molecule has 3 fully saturated rings. The van der Waals surface area contributed by atoms with Crippen LogP contribution in [0.5, 0.6) is 0 Å².